The van der Waals surface area contributed by atoms with E-state index < -0.39 is 0 Å². The van der Waals surface area contributed by atoms with Gasteiger partial charge in [0.2, 0.25) is 0 Å². The summed E-state index contributed by atoms with van der Waals surface area (Å²) in [5, 5.41) is 0.501. The molecule has 0 saturated carbocycles. The van der Waals surface area contributed by atoms with E-state index in [2.05, 4.69) is 19.1 Å². The van der Waals surface area contributed by atoms with E-state index >= 15 is 0 Å². The maximum atomic E-state index is 4.88. The third-order valence-electron chi connectivity index (χ3n) is 1.66. The fourth-order valence-electron chi connectivity index (χ4n) is 1.01. The Morgan fingerprint density at radius 1 is 1.46 bits per heavy atom. The van der Waals surface area contributed by atoms with Crippen molar-refractivity contribution in [1.82, 2.24) is 0 Å². The molecule has 0 aliphatic heterocycles. The minimum atomic E-state index is 0.501. The van der Waals surface area contributed by atoms with Gasteiger partial charge in [0.25, 0.3) is 0 Å². The summed E-state index contributed by atoms with van der Waals surface area (Å²) >= 11 is 4.88. The van der Waals surface area contributed by atoms with Crippen LogP contribution in [0.5, 0.6) is 0 Å². The van der Waals surface area contributed by atoms with Gasteiger partial charge in [-0.05, 0) is 30.8 Å². The Balaban J connectivity index is 2.74. The summed E-state index contributed by atoms with van der Waals surface area (Å²) in [7, 11) is 1.57. The van der Waals surface area contributed by atoms with Crippen molar-refractivity contribution in [3.63, 3.8) is 0 Å². The number of methoxy groups -OCH3 is 1. The first-order valence-electron chi connectivity index (χ1n) is 4.05. The minimum Gasteiger partial charge on any atom is -0.487 e. The van der Waals surface area contributed by atoms with Crippen LogP contribution in [0, 0.1) is 6.92 Å². The summed E-state index contributed by atoms with van der Waals surface area (Å²) in [6.45, 7) is 2.06. The molecule has 0 unspecified atom stereocenters. The molecule has 0 N–H and O–H groups in total. The molecule has 0 aliphatic rings. The predicted molar refractivity (Wildman–Crippen MR) is 59.8 cm³/mol. The Hall–Kier alpha value is -1.15. The van der Waals surface area contributed by atoms with E-state index in [9.17, 15) is 0 Å². The third-order valence-corrected chi connectivity index (χ3v) is 1.96. The molecule has 1 rings (SSSR count). The number of thiocarbonyl (C=S) groups is 1. The van der Waals surface area contributed by atoms with Gasteiger partial charge in [0.05, 0.1) is 7.11 Å². The largest absolute Gasteiger partial charge is 0.487 e. The van der Waals surface area contributed by atoms with Gasteiger partial charge in [-0.2, -0.15) is 0 Å². The third kappa shape index (κ3) is 3.38. The summed E-state index contributed by atoms with van der Waals surface area (Å²) in [4.78, 5) is 0. The first kappa shape index (κ1) is 9.93. The lowest BCUT2D eigenvalue weighted by atomic mass is 10.1. The summed E-state index contributed by atoms with van der Waals surface area (Å²) in [6, 6.07) is 8.20. The van der Waals surface area contributed by atoms with E-state index in [1.165, 1.54) is 5.56 Å². The molecular weight excluding hydrogens is 180 g/mol. The predicted octanol–water partition coefficient (Wildman–Crippen LogP) is 2.98. The second kappa shape index (κ2) is 4.77. The van der Waals surface area contributed by atoms with Crippen LogP contribution < -0.4 is 0 Å². The molecule has 0 aromatic heterocycles. The molecule has 1 aromatic carbocycles. The first-order chi connectivity index (χ1) is 6.22. The molecule has 0 aliphatic carbocycles. The molecule has 2 heteroatoms. The van der Waals surface area contributed by atoms with Gasteiger partial charge in [-0.15, -0.1) is 0 Å². The van der Waals surface area contributed by atoms with Crippen LogP contribution in [0.1, 0.15) is 11.1 Å². The van der Waals surface area contributed by atoms with Crippen LogP contribution in [0.3, 0.4) is 0 Å². The molecule has 0 heterocycles. The number of benzene rings is 1. The molecule has 1 aromatic rings. The average molecular weight is 192 g/mol. The number of ether oxygens (including phenoxy) is 1. The standard InChI is InChI=1S/C11H12OS/c1-9-4-3-5-10(8-9)6-7-11(13)12-2/h3-8H,1-2H3/b7-6+. The van der Waals surface area contributed by atoms with E-state index in [4.69, 9.17) is 17.0 Å². The number of hydrogen-bond donors (Lipinski definition) is 0. The van der Waals surface area contributed by atoms with Crippen molar-refractivity contribution in [2.75, 3.05) is 7.11 Å². The molecule has 68 valence electrons. The summed E-state index contributed by atoms with van der Waals surface area (Å²) < 4.78 is 4.85. The normalized spacial score (nSPS) is 10.3. The lowest BCUT2D eigenvalue weighted by molar-refractivity contribution is 0.418. The second-order valence-corrected chi connectivity index (χ2v) is 3.17. The Morgan fingerprint density at radius 3 is 2.85 bits per heavy atom. The zero-order chi connectivity index (χ0) is 9.68. The molecule has 0 amide bonds. The van der Waals surface area contributed by atoms with Crippen LogP contribution in [-0.4, -0.2) is 12.2 Å². The molecule has 0 saturated heterocycles. The molecular formula is C11H12OS. The van der Waals surface area contributed by atoms with Crippen molar-refractivity contribution in [2.45, 2.75) is 6.92 Å². The second-order valence-electron chi connectivity index (χ2n) is 2.77. The maximum Gasteiger partial charge on any atom is 0.183 e. The summed E-state index contributed by atoms with van der Waals surface area (Å²) in [5.41, 5.74) is 2.38. The van der Waals surface area contributed by atoms with Gasteiger partial charge in [0, 0.05) is 0 Å². The van der Waals surface area contributed by atoms with Crippen LogP contribution in [0.4, 0.5) is 0 Å². The van der Waals surface area contributed by atoms with Gasteiger partial charge in [-0.1, -0.05) is 35.9 Å². The number of aryl methyl sites for hydroxylation is 1. The highest BCUT2D eigenvalue weighted by atomic mass is 32.1. The quantitative estimate of drug-likeness (QED) is 0.526. The minimum absolute atomic E-state index is 0.501. The Bertz CT molecular complexity index is 329. The molecule has 13 heavy (non-hydrogen) atoms. The van der Waals surface area contributed by atoms with Crippen LogP contribution in [0.25, 0.3) is 6.08 Å². The van der Waals surface area contributed by atoms with Gasteiger partial charge in [0.15, 0.2) is 5.05 Å². The number of rotatable bonds is 2. The fourth-order valence-corrected chi connectivity index (χ4v) is 1.07. The molecule has 0 spiro atoms. The first-order valence-corrected chi connectivity index (χ1v) is 4.46. The zero-order valence-electron chi connectivity index (χ0n) is 7.78. The lowest BCUT2D eigenvalue weighted by Crippen LogP contribution is -1.89. The molecule has 0 fully saturated rings. The van der Waals surface area contributed by atoms with Crippen LogP contribution in [-0.2, 0) is 4.74 Å². The van der Waals surface area contributed by atoms with Gasteiger partial charge < -0.3 is 4.74 Å². The van der Waals surface area contributed by atoms with E-state index in [-0.39, 0.29) is 0 Å². The van der Waals surface area contributed by atoms with E-state index in [0.717, 1.165) is 5.56 Å². The lowest BCUT2D eigenvalue weighted by Gasteiger charge is -1.96. The fraction of sp³-hybridized carbons (Fsp3) is 0.182. The molecule has 0 radical (unpaired) electrons. The van der Waals surface area contributed by atoms with E-state index in [0.29, 0.717) is 5.05 Å². The highest BCUT2D eigenvalue weighted by Crippen LogP contribution is 2.05. The van der Waals surface area contributed by atoms with Crippen molar-refractivity contribution < 1.29 is 4.74 Å². The van der Waals surface area contributed by atoms with Crippen molar-refractivity contribution in [1.29, 1.82) is 0 Å². The molecule has 0 bridgehead atoms. The summed E-state index contributed by atoms with van der Waals surface area (Å²) in [5.74, 6) is 0. The van der Waals surface area contributed by atoms with Crippen molar-refractivity contribution >= 4 is 23.3 Å². The number of hydrogen-bond acceptors (Lipinski definition) is 2. The Labute approximate surface area is 84.0 Å². The SMILES string of the molecule is COC(=S)/C=C/c1cccc(C)c1. The van der Waals surface area contributed by atoms with Crippen molar-refractivity contribution in [3.05, 3.63) is 41.5 Å². The van der Waals surface area contributed by atoms with Crippen LogP contribution in [0.15, 0.2) is 30.3 Å². The van der Waals surface area contributed by atoms with E-state index in [1.807, 2.05) is 18.2 Å². The van der Waals surface area contributed by atoms with Gasteiger partial charge in [0.1, 0.15) is 0 Å². The zero-order valence-corrected chi connectivity index (χ0v) is 8.60. The van der Waals surface area contributed by atoms with Crippen molar-refractivity contribution in [3.8, 4) is 0 Å². The maximum absolute atomic E-state index is 4.88. The van der Waals surface area contributed by atoms with Crippen LogP contribution in [0.2, 0.25) is 0 Å². The summed E-state index contributed by atoms with van der Waals surface area (Å²) in [6.07, 6.45) is 3.73. The topological polar surface area (TPSA) is 9.23 Å². The van der Waals surface area contributed by atoms with Gasteiger partial charge >= 0.3 is 0 Å². The Kier molecular flexibility index (Phi) is 3.65. The molecule has 0 atom stereocenters. The van der Waals surface area contributed by atoms with Gasteiger partial charge in [-0.25, -0.2) is 0 Å². The van der Waals surface area contributed by atoms with E-state index in [1.54, 1.807) is 13.2 Å². The van der Waals surface area contributed by atoms with Crippen molar-refractivity contribution in [2.24, 2.45) is 0 Å². The molecule has 1 nitrogen and oxygen atoms in total. The highest BCUT2D eigenvalue weighted by molar-refractivity contribution is 7.80. The monoisotopic (exact) mass is 192 g/mol. The highest BCUT2D eigenvalue weighted by Gasteiger charge is 1.88. The smallest absolute Gasteiger partial charge is 0.183 e. The van der Waals surface area contributed by atoms with Crippen LogP contribution >= 0.6 is 12.2 Å². The van der Waals surface area contributed by atoms with Gasteiger partial charge in [-0.3, -0.25) is 0 Å². The Morgan fingerprint density at radius 2 is 2.23 bits per heavy atom. The average Bonchev–Trinajstić information content (AvgIpc) is 2.14.